The summed E-state index contributed by atoms with van der Waals surface area (Å²) in [5, 5.41) is 16.2. The van der Waals surface area contributed by atoms with E-state index in [9.17, 15) is 9.59 Å². The zero-order chi connectivity index (χ0) is 18.3. The number of carbonyl (C=O) groups is 2. The van der Waals surface area contributed by atoms with Crippen molar-refractivity contribution in [2.75, 3.05) is 33.0 Å². The van der Waals surface area contributed by atoms with Gasteiger partial charge in [0.05, 0.1) is 33.0 Å². The molecule has 7 nitrogen and oxygen atoms in total. The van der Waals surface area contributed by atoms with Crippen LogP contribution in [0.15, 0.2) is 24.3 Å². The molecule has 0 aromatic heterocycles. The molecule has 0 saturated heterocycles. The summed E-state index contributed by atoms with van der Waals surface area (Å²) >= 11 is 0. The summed E-state index contributed by atoms with van der Waals surface area (Å²) in [5.74, 6) is -0.864. The van der Waals surface area contributed by atoms with Crippen molar-refractivity contribution in [3.63, 3.8) is 0 Å². The third-order valence-electron chi connectivity index (χ3n) is 2.23. The van der Waals surface area contributed by atoms with Gasteiger partial charge in [0.2, 0.25) is 0 Å². The predicted octanol–water partition coefficient (Wildman–Crippen LogP) is 0.991. The van der Waals surface area contributed by atoms with Crippen molar-refractivity contribution in [3.05, 3.63) is 24.3 Å². The molecule has 1 atom stereocenters. The monoisotopic (exact) mass is 332 g/mol. The molecule has 134 valence electrons. The Morgan fingerprint density at radius 1 is 0.957 bits per heavy atom. The molecule has 0 aromatic rings. The number of rotatable bonds is 10. The topological polar surface area (TPSA) is 102 Å². The Labute approximate surface area is 137 Å². The summed E-state index contributed by atoms with van der Waals surface area (Å²) in [6.07, 6.45) is 0.153. The van der Waals surface area contributed by atoms with Gasteiger partial charge in [-0.05, 0) is 20.8 Å². The maximum absolute atomic E-state index is 11.1. The fraction of sp³-hybridized carbons (Fsp3) is 0.625. The molecule has 0 radical (unpaired) electrons. The Hall–Kier alpha value is -1.70. The lowest BCUT2D eigenvalue weighted by Gasteiger charge is -2.13. The maximum atomic E-state index is 11.1. The van der Waals surface area contributed by atoms with Gasteiger partial charge in [0.25, 0.3) is 0 Å². The molecular weight excluding hydrogens is 304 g/mol. The first-order valence-electron chi connectivity index (χ1n) is 7.24. The van der Waals surface area contributed by atoms with Gasteiger partial charge in [0.15, 0.2) is 0 Å². The van der Waals surface area contributed by atoms with Crippen molar-refractivity contribution in [2.45, 2.75) is 33.3 Å². The van der Waals surface area contributed by atoms with E-state index in [0.717, 1.165) is 0 Å². The zero-order valence-corrected chi connectivity index (χ0v) is 14.2. The van der Waals surface area contributed by atoms with Gasteiger partial charge in [0.1, 0.15) is 6.10 Å². The predicted molar refractivity (Wildman–Crippen MR) is 85.7 cm³/mol. The largest absolute Gasteiger partial charge is 0.462 e. The van der Waals surface area contributed by atoms with E-state index in [2.05, 4.69) is 17.9 Å². The van der Waals surface area contributed by atoms with Crippen LogP contribution in [0.5, 0.6) is 0 Å². The van der Waals surface area contributed by atoms with Crippen LogP contribution in [0.2, 0.25) is 0 Å². The molecule has 23 heavy (non-hydrogen) atoms. The molecule has 0 saturated carbocycles. The first kappa shape index (κ1) is 23.6. The molecule has 0 bridgehead atoms. The van der Waals surface area contributed by atoms with Gasteiger partial charge in [-0.3, -0.25) is 0 Å². The lowest BCUT2D eigenvalue weighted by Crippen LogP contribution is -2.18. The van der Waals surface area contributed by atoms with E-state index in [-0.39, 0.29) is 25.9 Å². The number of carbonyl (C=O) groups excluding carboxylic acids is 2. The van der Waals surface area contributed by atoms with Crippen molar-refractivity contribution in [2.24, 2.45) is 0 Å². The quantitative estimate of drug-likeness (QED) is 0.349. The van der Waals surface area contributed by atoms with Crippen LogP contribution in [-0.2, 0) is 23.8 Å². The molecule has 7 heteroatoms. The minimum absolute atomic E-state index is 0.0278. The average Bonchev–Trinajstić information content (AvgIpc) is 2.48. The normalized spacial score (nSPS) is 10.8. The molecule has 0 rings (SSSR count). The van der Waals surface area contributed by atoms with Crippen molar-refractivity contribution in [3.8, 4) is 0 Å². The first-order chi connectivity index (χ1) is 10.8. The Bertz CT molecular complexity index is 373. The van der Waals surface area contributed by atoms with Gasteiger partial charge in [-0.15, -0.1) is 0 Å². The molecule has 0 aliphatic heterocycles. The smallest absolute Gasteiger partial charge is 0.333 e. The molecule has 1 unspecified atom stereocenters. The lowest BCUT2D eigenvalue weighted by atomic mass is 10.3. The highest BCUT2D eigenvalue weighted by molar-refractivity contribution is 5.87. The first-order valence-corrected chi connectivity index (χ1v) is 7.24. The highest BCUT2D eigenvalue weighted by Crippen LogP contribution is 2.03. The lowest BCUT2D eigenvalue weighted by molar-refractivity contribution is -0.145. The molecular formula is C16H28O7. The van der Waals surface area contributed by atoms with E-state index < -0.39 is 11.9 Å². The highest BCUT2D eigenvalue weighted by atomic mass is 16.6. The molecule has 0 aliphatic carbocycles. The second-order valence-electron chi connectivity index (χ2n) is 4.76. The van der Waals surface area contributed by atoms with Crippen LogP contribution >= 0.6 is 0 Å². The zero-order valence-electron chi connectivity index (χ0n) is 14.2. The van der Waals surface area contributed by atoms with Gasteiger partial charge < -0.3 is 24.4 Å². The van der Waals surface area contributed by atoms with E-state index in [0.29, 0.717) is 30.8 Å². The summed E-state index contributed by atoms with van der Waals surface area (Å²) in [6, 6.07) is 0. The maximum Gasteiger partial charge on any atom is 0.333 e. The van der Waals surface area contributed by atoms with Crippen LogP contribution in [0, 0.1) is 0 Å². The van der Waals surface area contributed by atoms with Gasteiger partial charge in [0, 0.05) is 17.6 Å². The van der Waals surface area contributed by atoms with Gasteiger partial charge in [-0.2, -0.15) is 0 Å². The molecule has 0 spiro atoms. The minimum atomic E-state index is -0.432. The van der Waals surface area contributed by atoms with Gasteiger partial charge in [-0.25, -0.2) is 9.59 Å². The minimum Gasteiger partial charge on any atom is -0.462 e. The summed E-state index contributed by atoms with van der Waals surface area (Å²) < 4.78 is 14.5. The second kappa shape index (κ2) is 15.2. The van der Waals surface area contributed by atoms with Crippen LogP contribution in [0.4, 0.5) is 0 Å². The fourth-order valence-electron chi connectivity index (χ4n) is 1.01. The van der Waals surface area contributed by atoms with Crippen LogP contribution in [0.1, 0.15) is 27.2 Å². The Kier molecular flexibility index (Phi) is 15.6. The van der Waals surface area contributed by atoms with Crippen molar-refractivity contribution in [1.29, 1.82) is 0 Å². The molecule has 0 amide bonds. The van der Waals surface area contributed by atoms with E-state index >= 15 is 0 Å². The van der Waals surface area contributed by atoms with E-state index in [1.54, 1.807) is 20.8 Å². The third kappa shape index (κ3) is 16.5. The molecule has 0 fully saturated rings. The van der Waals surface area contributed by atoms with Crippen LogP contribution in [0.3, 0.4) is 0 Å². The Morgan fingerprint density at radius 2 is 1.43 bits per heavy atom. The van der Waals surface area contributed by atoms with Crippen LogP contribution in [0.25, 0.3) is 0 Å². The molecule has 0 aromatic carbocycles. The number of aliphatic hydroxyl groups excluding tert-OH is 2. The number of hydrogen-bond donors (Lipinski definition) is 2. The van der Waals surface area contributed by atoms with Crippen molar-refractivity contribution < 1.29 is 34.0 Å². The van der Waals surface area contributed by atoms with Crippen LogP contribution in [-0.4, -0.2) is 61.3 Å². The summed E-state index contributed by atoms with van der Waals surface area (Å²) in [5.41, 5.74) is 0.706. The Balaban J connectivity index is 0. The SMILES string of the molecule is C=C(C)C(=O)OCCC(C)OC(=O)C(=C)C.OCCOCCO. The number of ether oxygens (including phenoxy) is 3. The van der Waals surface area contributed by atoms with Crippen molar-refractivity contribution >= 4 is 11.9 Å². The molecule has 0 heterocycles. The van der Waals surface area contributed by atoms with Gasteiger partial charge in [-0.1, -0.05) is 13.2 Å². The van der Waals surface area contributed by atoms with E-state index in [1.165, 1.54) is 0 Å². The molecule has 2 N–H and O–H groups in total. The fourth-order valence-corrected chi connectivity index (χ4v) is 1.01. The summed E-state index contributed by atoms with van der Waals surface area (Å²) in [7, 11) is 0. The summed E-state index contributed by atoms with van der Waals surface area (Å²) in [4.78, 5) is 22.1. The number of aliphatic hydroxyl groups is 2. The number of hydrogen-bond acceptors (Lipinski definition) is 7. The van der Waals surface area contributed by atoms with Gasteiger partial charge >= 0.3 is 11.9 Å². The third-order valence-corrected chi connectivity index (χ3v) is 2.23. The second-order valence-corrected chi connectivity index (χ2v) is 4.76. The Morgan fingerprint density at radius 3 is 1.83 bits per heavy atom. The molecule has 0 aliphatic rings. The average molecular weight is 332 g/mol. The standard InChI is InChI=1S/C12H18O4.C4H10O3/c1-8(2)11(13)15-7-6-10(5)16-12(14)9(3)4;5-1-3-7-4-2-6/h10H,1,3,6-7H2,2,4-5H3;5-6H,1-4H2. The highest BCUT2D eigenvalue weighted by Gasteiger charge is 2.11. The number of esters is 2. The summed E-state index contributed by atoms with van der Waals surface area (Å²) in [6.45, 7) is 12.7. The van der Waals surface area contributed by atoms with Crippen molar-refractivity contribution in [1.82, 2.24) is 0 Å². The van der Waals surface area contributed by atoms with E-state index in [1.807, 2.05) is 0 Å². The van der Waals surface area contributed by atoms with E-state index in [4.69, 9.17) is 19.7 Å². The van der Waals surface area contributed by atoms with Crippen LogP contribution < -0.4 is 0 Å².